The zero-order chi connectivity index (χ0) is 19.7. The summed E-state index contributed by atoms with van der Waals surface area (Å²) in [5.74, 6) is -0.849. The molecule has 6 heteroatoms. The normalized spacial score (nSPS) is 13.0. The van der Waals surface area contributed by atoms with Crippen molar-refractivity contribution in [3.63, 3.8) is 0 Å². The zero-order valence-electron chi connectivity index (χ0n) is 16.0. The van der Waals surface area contributed by atoms with Gasteiger partial charge in [-0.2, -0.15) is 0 Å². The van der Waals surface area contributed by atoms with Gasteiger partial charge < -0.3 is 10.2 Å². The molecule has 1 heterocycles. The molecule has 6 nitrogen and oxygen atoms in total. The predicted molar refractivity (Wildman–Crippen MR) is 105 cm³/mol. The molecule has 27 heavy (non-hydrogen) atoms. The van der Waals surface area contributed by atoms with Crippen molar-refractivity contribution in [3.8, 4) is 0 Å². The van der Waals surface area contributed by atoms with E-state index in [9.17, 15) is 14.4 Å². The van der Waals surface area contributed by atoms with E-state index in [1.54, 1.807) is 18.2 Å². The highest BCUT2D eigenvalue weighted by Crippen LogP contribution is 2.25. The summed E-state index contributed by atoms with van der Waals surface area (Å²) in [5.41, 5.74) is 4.52. The van der Waals surface area contributed by atoms with Gasteiger partial charge in [0.1, 0.15) is 0 Å². The summed E-state index contributed by atoms with van der Waals surface area (Å²) in [6.07, 6.45) is 0. The molecule has 0 bridgehead atoms. The molecular formula is C21H23N3O3. The van der Waals surface area contributed by atoms with Crippen molar-refractivity contribution < 1.29 is 14.4 Å². The Morgan fingerprint density at radius 2 is 1.74 bits per heavy atom. The third-order valence-corrected chi connectivity index (χ3v) is 4.78. The van der Waals surface area contributed by atoms with Gasteiger partial charge >= 0.3 is 0 Å². The Kier molecular flexibility index (Phi) is 4.99. The van der Waals surface area contributed by atoms with Crippen LogP contribution >= 0.6 is 0 Å². The molecule has 0 aromatic heterocycles. The highest BCUT2D eigenvalue weighted by molar-refractivity contribution is 6.21. The molecule has 2 aromatic carbocycles. The van der Waals surface area contributed by atoms with Gasteiger partial charge in [0.05, 0.1) is 17.7 Å². The number of carbonyl (C=O) groups excluding carboxylic acids is 3. The number of imide groups is 1. The van der Waals surface area contributed by atoms with Gasteiger partial charge in [-0.3, -0.25) is 19.3 Å². The average Bonchev–Trinajstić information content (AvgIpc) is 2.84. The molecular weight excluding hydrogens is 342 g/mol. The first-order valence-corrected chi connectivity index (χ1v) is 8.90. The highest BCUT2D eigenvalue weighted by atomic mass is 16.2. The molecule has 1 aliphatic rings. The van der Waals surface area contributed by atoms with Gasteiger partial charge in [0, 0.05) is 25.0 Å². The minimum absolute atomic E-state index is 0.179. The van der Waals surface area contributed by atoms with Crippen LogP contribution in [0, 0.1) is 13.8 Å². The fourth-order valence-corrected chi connectivity index (χ4v) is 3.34. The van der Waals surface area contributed by atoms with E-state index in [4.69, 9.17) is 0 Å². The summed E-state index contributed by atoms with van der Waals surface area (Å²) < 4.78 is 0. The first-order valence-electron chi connectivity index (χ1n) is 8.90. The maximum atomic E-state index is 12.5. The van der Waals surface area contributed by atoms with Crippen LogP contribution in [0.1, 0.15) is 38.8 Å². The molecule has 0 radical (unpaired) electrons. The number of benzene rings is 2. The summed E-state index contributed by atoms with van der Waals surface area (Å²) in [7, 11) is 1.45. The largest absolute Gasteiger partial charge is 0.362 e. The number of rotatable bonds is 5. The minimum Gasteiger partial charge on any atom is -0.362 e. The van der Waals surface area contributed by atoms with Crippen LogP contribution in [0.2, 0.25) is 0 Å². The molecule has 0 saturated heterocycles. The molecule has 0 saturated carbocycles. The van der Waals surface area contributed by atoms with Crippen LogP contribution in [0.15, 0.2) is 36.4 Å². The fourth-order valence-electron chi connectivity index (χ4n) is 3.34. The topological polar surface area (TPSA) is 69.7 Å². The summed E-state index contributed by atoms with van der Waals surface area (Å²) in [6.45, 7) is 6.96. The van der Waals surface area contributed by atoms with Crippen LogP contribution in [0.25, 0.3) is 0 Å². The molecule has 140 valence electrons. The van der Waals surface area contributed by atoms with Crippen molar-refractivity contribution in [1.29, 1.82) is 0 Å². The molecule has 0 atom stereocenters. The number of anilines is 2. The minimum atomic E-state index is -0.350. The van der Waals surface area contributed by atoms with Gasteiger partial charge in [0.15, 0.2) is 0 Å². The Labute approximate surface area is 158 Å². The van der Waals surface area contributed by atoms with E-state index < -0.39 is 0 Å². The molecule has 1 aliphatic heterocycles. The number of aryl methyl sites for hydroxylation is 2. The van der Waals surface area contributed by atoms with E-state index in [2.05, 4.69) is 11.4 Å². The van der Waals surface area contributed by atoms with Crippen molar-refractivity contribution in [1.82, 2.24) is 4.90 Å². The van der Waals surface area contributed by atoms with E-state index >= 15 is 0 Å². The summed E-state index contributed by atoms with van der Waals surface area (Å²) >= 11 is 0. The Balaban J connectivity index is 1.74. The second-order valence-corrected chi connectivity index (χ2v) is 6.78. The van der Waals surface area contributed by atoms with Crippen molar-refractivity contribution in [2.75, 3.05) is 30.4 Å². The number of fused-ring (bicyclic) bond motifs is 1. The quantitative estimate of drug-likeness (QED) is 0.827. The third kappa shape index (κ3) is 3.56. The van der Waals surface area contributed by atoms with Crippen molar-refractivity contribution in [3.05, 3.63) is 58.7 Å². The van der Waals surface area contributed by atoms with Crippen LogP contribution < -0.4 is 10.2 Å². The van der Waals surface area contributed by atoms with Crippen LogP contribution in [0.5, 0.6) is 0 Å². The number of nitrogens with one attached hydrogen (secondary N) is 1. The number of carbonyl (C=O) groups is 3. The fraction of sp³-hybridized carbons (Fsp3) is 0.286. The van der Waals surface area contributed by atoms with Gasteiger partial charge in [0.25, 0.3) is 11.8 Å². The molecule has 0 spiro atoms. The molecule has 0 unspecified atom stereocenters. The van der Waals surface area contributed by atoms with Gasteiger partial charge in [-0.05, 0) is 50.6 Å². The van der Waals surface area contributed by atoms with Crippen LogP contribution in [0.4, 0.5) is 11.4 Å². The van der Waals surface area contributed by atoms with Crippen molar-refractivity contribution in [2.24, 2.45) is 0 Å². The first kappa shape index (κ1) is 18.6. The zero-order valence-corrected chi connectivity index (χ0v) is 16.0. The predicted octanol–water partition coefficient (Wildman–Crippen LogP) is 2.99. The lowest BCUT2D eigenvalue weighted by Crippen LogP contribution is -2.33. The number of hydrogen-bond acceptors (Lipinski definition) is 4. The Hall–Kier alpha value is -3.15. The number of amides is 3. The molecule has 1 N–H and O–H groups in total. The van der Waals surface area contributed by atoms with Crippen LogP contribution in [-0.2, 0) is 4.79 Å². The molecule has 3 rings (SSSR count). The van der Waals surface area contributed by atoms with Gasteiger partial charge in [-0.15, -0.1) is 0 Å². The first-order chi connectivity index (χ1) is 12.8. The Morgan fingerprint density at radius 1 is 1.04 bits per heavy atom. The van der Waals surface area contributed by atoms with E-state index in [1.807, 2.05) is 37.8 Å². The summed E-state index contributed by atoms with van der Waals surface area (Å²) in [4.78, 5) is 39.7. The second-order valence-electron chi connectivity index (χ2n) is 6.78. The summed E-state index contributed by atoms with van der Waals surface area (Å²) in [5, 5.41) is 2.82. The maximum absolute atomic E-state index is 12.5. The Morgan fingerprint density at radius 3 is 2.41 bits per heavy atom. The van der Waals surface area contributed by atoms with Gasteiger partial charge in [0.2, 0.25) is 5.91 Å². The van der Waals surface area contributed by atoms with E-state index in [0.717, 1.165) is 16.2 Å². The Bertz CT molecular complexity index is 936. The third-order valence-electron chi connectivity index (χ3n) is 4.78. The molecule has 0 fully saturated rings. The molecule has 2 aromatic rings. The molecule has 0 aliphatic carbocycles. The maximum Gasteiger partial charge on any atom is 0.261 e. The van der Waals surface area contributed by atoms with Crippen molar-refractivity contribution >= 4 is 29.1 Å². The van der Waals surface area contributed by atoms with E-state index in [-0.39, 0.29) is 24.3 Å². The number of nitrogens with zero attached hydrogens (tertiary/aromatic N) is 2. The number of likely N-dealkylation sites (N-methyl/N-ethyl adjacent to an activating group) is 1. The average molecular weight is 365 g/mol. The van der Waals surface area contributed by atoms with E-state index in [0.29, 0.717) is 23.4 Å². The highest BCUT2D eigenvalue weighted by Gasteiger charge is 2.32. The van der Waals surface area contributed by atoms with Gasteiger partial charge in [-0.1, -0.05) is 17.7 Å². The smallest absolute Gasteiger partial charge is 0.261 e. The van der Waals surface area contributed by atoms with Gasteiger partial charge in [-0.25, -0.2) is 0 Å². The second kappa shape index (κ2) is 7.23. The van der Waals surface area contributed by atoms with Crippen LogP contribution in [0.3, 0.4) is 0 Å². The lowest BCUT2D eigenvalue weighted by molar-refractivity contribution is -0.115. The molecule has 3 amide bonds. The lowest BCUT2D eigenvalue weighted by atomic mass is 10.1. The monoisotopic (exact) mass is 365 g/mol. The van der Waals surface area contributed by atoms with E-state index in [1.165, 1.54) is 12.6 Å². The number of hydrogen-bond donors (Lipinski definition) is 1. The SMILES string of the molecule is CCN(CC(=O)Nc1ccc2c(c1)C(=O)N(C)C2=O)c1ccc(C)cc1C. The lowest BCUT2D eigenvalue weighted by Gasteiger charge is -2.24. The van der Waals surface area contributed by atoms with Crippen molar-refractivity contribution in [2.45, 2.75) is 20.8 Å². The van der Waals surface area contributed by atoms with Crippen LogP contribution in [-0.4, -0.2) is 42.8 Å². The summed E-state index contributed by atoms with van der Waals surface area (Å²) in [6, 6.07) is 10.9. The standard InChI is InChI=1S/C21H23N3O3/c1-5-24(18-9-6-13(2)10-14(18)3)12-19(25)22-15-7-8-16-17(11-15)21(27)23(4)20(16)26/h6-11H,5,12H2,1-4H3,(H,22,25).